The van der Waals surface area contributed by atoms with E-state index in [0.29, 0.717) is 27.6 Å². The summed E-state index contributed by atoms with van der Waals surface area (Å²) in [6.07, 6.45) is 1.60. The number of rotatable bonds is 8. The molecule has 0 unspecified atom stereocenters. The van der Waals surface area contributed by atoms with Gasteiger partial charge in [-0.2, -0.15) is 5.26 Å². The molecule has 156 valence electrons. The highest BCUT2D eigenvalue weighted by Crippen LogP contribution is 2.28. The van der Waals surface area contributed by atoms with Gasteiger partial charge in [0, 0.05) is 21.7 Å². The van der Waals surface area contributed by atoms with Crippen molar-refractivity contribution >= 4 is 40.5 Å². The highest BCUT2D eigenvalue weighted by atomic mass is 35.5. The third-order valence-corrected chi connectivity index (χ3v) is 6.66. The Morgan fingerprint density at radius 2 is 2.13 bits per heavy atom. The second-order valence-corrected chi connectivity index (χ2v) is 8.89. The molecule has 1 aromatic carbocycles. The van der Waals surface area contributed by atoms with E-state index in [1.54, 1.807) is 18.4 Å². The van der Waals surface area contributed by atoms with Gasteiger partial charge in [-0.3, -0.25) is 9.36 Å². The van der Waals surface area contributed by atoms with Crippen LogP contribution in [0.3, 0.4) is 0 Å². The fourth-order valence-corrected chi connectivity index (χ4v) is 4.73. The van der Waals surface area contributed by atoms with Crippen molar-refractivity contribution in [1.82, 2.24) is 19.7 Å². The highest BCUT2D eigenvalue weighted by molar-refractivity contribution is 7.99. The predicted octanol–water partition coefficient (Wildman–Crippen LogP) is 4.97. The zero-order chi connectivity index (χ0) is 21.8. The lowest BCUT2D eigenvalue weighted by Gasteiger charge is -2.09. The number of hydrogen-bond donors (Lipinski definition) is 0. The quantitative estimate of drug-likeness (QED) is 0.336. The molecule has 3 heterocycles. The van der Waals surface area contributed by atoms with Gasteiger partial charge in [0.05, 0.1) is 24.6 Å². The van der Waals surface area contributed by atoms with Crippen molar-refractivity contribution in [3.8, 4) is 17.5 Å². The zero-order valence-electron chi connectivity index (χ0n) is 16.4. The molecule has 0 fully saturated rings. The number of furan rings is 1. The van der Waals surface area contributed by atoms with Gasteiger partial charge in [0.15, 0.2) is 22.7 Å². The summed E-state index contributed by atoms with van der Waals surface area (Å²) in [5, 5.41) is 21.6. The van der Waals surface area contributed by atoms with Gasteiger partial charge in [-0.05, 0) is 43.3 Å². The maximum Gasteiger partial charge on any atom is 0.192 e. The highest BCUT2D eigenvalue weighted by Gasteiger charge is 2.25. The van der Waals surface area contributed by atoms with Crippen LogP contribution in [0.5, 0.6) is 0 Å². The molecule has 0 N–H and O–H groups in total. The molecule has 31 heavy (non-hydrogen) atoms. The van der Waals surface area contributed by atoms with E-state index < -0.39 is 5.92 Å². The van der Waals surface area contributed by atoms with Crippen molar-refractivity contribution in [1.29, 1.82) is 5.26 Å². The summed E-state index contributed by atoms with van der Waals surface area (Å²) >= 11 is 8.57. The molecule has 7 nitrogen and oxygen atoms in total. The number of carbonyl (C=O) groups excluding carboxylic acids is 1. The Bertz CT molecular complexity index is 1230. The summed E-state index contributed by atoms with van der Waals surface area (Å²) in [5.41, 5.74) is 1.64. The third kappa shape index (κ3) is 4.88. The van der Waals surface area contributed by atoms with Crippen LogP contribution in [-0.2, 0) is 11.3 Å². The number of halogens is 1. The fourth-order valence-electron chi connectivity index (χ4n) is 2.90. The van der Waals surface area contributed by atoms with Gasteiger partial charge in [0.25, 0.3) is 0 Å². The first-order chi connectivity index (χ1) is 15.0. The van der Waals surface area contributed by atoms with E-state index in [1.807, 2.05) is 41.1 Å². The Morgan fingerprint density at radius 3 is 2.77 bits per heavy atom. The lowest BCUT2D eigenvalue weighted by Crippen LogP contribution is -2.14. The summed E-state index contributed by atoms with van der Waals surface area (Å²) < 4.78 is 7.37. The van der Waals surface area contributed by atoms with Crippen LogP contribution in [0.15, 0.2) is 57.6 Å². The van der Waals surface area contributed by atoms with Crippen molar-refractivity contribution in [2.75, 3.05) is 5.75 Å². The molecular formula is C21H16ClN5O2S2. The van der Waals surface area contributed by atoms with E-state index in [0.717, 1.165) is 17.0 Å². The Hall–Kier alpha value is -2.93. The number of ketones is 1. The molecule has 4 rings (SSSR count). The van der Waals surface area contributed by atoms with Gasteiger partial charge >= 0.3 is 0 Å². The molecule has 4 aromatic rings. The molecule has 0 aliphatic heterocycles. The standard InChI is InChI=1S/C21H16ClN5O2S2/c1-13-11-30-20(24-13)17(9-23)18(28)12-31-21-26-25-19(14-4-6-15(22)7-5-14)27(21)10-16-3-2-8-29-16/h2-8,11,17H,10,12H2,1H3/t17-/m0/s1. The van der Waals surface area contributed by atoms with E-state index in [9.17, 15) is 10.1 Å². The monoisotopic (exact) mass is 469 g/mol. The Balaban J connectivity index is 1.58. The van der Waals surface area contributed by atoms with E-state index in [4.69, 9.17) is 16.0 Å². The number of nitriles is 1. The molecular weight excluding hydrogens is 454 g/mol. The lowest BCUT2D eigenvalue weighted by atomic mass is 10.1. The summed E-state index contributed by atoms with van der Waals surface area (Å²) in [6.45, 7) is 2.24. The number of aromatic nitrogens is 4. The van der Waals surface area contributed by atoms with E-state index in [1.165, 1.54) is 23.1 Å². The first kappa shape index (κ1) is 21.3. The first-order valence-corrected chi connectivity index (χ1v) is 11.5. The molecule has 0 bridgehead atoms. The first-order valence-electron chi connectivity index (χ1n) is 9.24. The van der Waals surface area contributed by atoms with Gasteiger partial charge in [-0.15, -0.1) is 21.5 Å². The minimum absolute atomic E-state index is 0.0771. The number of hydrogen-bond acceptors (Lipinski definition) is 8. The Kier molecular flexibility index (Phi) is 6.51. The van der Waals surface area contributed by atoms with Crippen LogP contribution in [0.25, 0.3) is 11.4 Å². The Labute approximate surface area is 191 Å². The van der Waals surface area contributed by atoms with Gasteiger partial charge in [0.2, 0.25) is 0 Å². The number of nitrogens with zero attached hydrogens (tertiary/aromatic N) is 5. The average molecular weight is 470 g/mol. The molecule has 0 aliphatic carbocycles. The van der Waals surface area contributed by atoms with Crippen LogP contribution >= 0.6 is 34.7 Å². The minimum atomic E-state index is -0.886. The second kappa shape index (κ2) is 9.47. The van der Waals surface area contributed by atoms with Crippen LogP contribution in [0.1, 0.15) is 22.4 Å². The van der Waals surface area contributed by atoms with Gasteiger partial charge in [-0.25, -0.2) is 4.98 Å². The van der Waals surface area contributed by atoms with Crippen molar-refractivity contribution in [3.63, 3.8) is 0 Å². The second-order valence-electron chi connectivity index (χ2n) is 6.62. The molecule has 0 aliphatic rings. The molecule has 0 amide bonds. The molecule has 0 radical (unpaired) electrons. The third-order valence-electron chi connectivity index (χ3n) is 4.39. The van der Waals surface area contributed by atoms with Gasteiger partial charge < -0.3 is 4.42 Å². The zero-order valence-corrected chi connectivity index (χ0v) is 18.7. The van der Waals surface area contributed by atoms with Gasteiger partial charge in [-0.1, -0.05) is 23.4 Å². The largest absolute Gasteiger partial charge is 0.467 e. The Morgan fingerprint density at radius 1 is 1.32 bits per heavy atom. The molecule has 3 aromatic heterocycles. The number of carbonyl (C=O) groups is 1. The summed E-state index contributed by atoms with van der Waals surface area (Å²) in [4.78, 5) is 17.0. The number of aryl methyl sites for hydroxylation is 1. The number of thioether (sulfide) groups is 1. The van der Waals surface area contributed by atoms with Crippen molar-refractivity contribution in [2.24, 2.45) is 0 Å². The number of Topliss-reactive ketones (excluding diaryl/α,β-unsaturated/α-hetero) is 1. The normalized spacial score (nSPS) is 11.9. The van der Waals surface area contributed by atoms with Crippen molar-refractivity contribution < 1.29 is 9.21 Å². The summed E-state index contributed by atoms with van der Waals surface area (Å²) in [7, 11) is 0. The molecule has 0 saturated heterocycles. The predicted molar refractivity (Wildman–Crippen MR) is 119 cm³/mol. The van der Waals surface area contributed by atoms with E-state index in [2.05, 4.69) is 21.3 Å². The van der Waals surface area contributed by atoms with Crippen LogP contribution < -0.4 is 0 Å². The van der Waals surface area contributed by atoms with E-state index in [-0.39, 0.29) is 11.5 Å². The SMILES string of the molecule is Cc1csc([C@@H](C#N)C(=O)CSc2nnc(-c3ccc(Cl)cc3)n2Cc2ccco2)n1. The maximum atomic E-state index is 12.7. The molecule has 10 heteroatoms. The lowest BCUT2D eigenvalue weighted by molar-refractivity contribution is -0.116. The van der Waals surface area contributed by atoms with E-state index >= 15 is 0 Å². The van der Waals surface area contributed by atoms with Crippen molar-refractivity contribution in [3.05, 3.63) is 69.5 Å². The smallest absolute Gasteiger partial charge is 0.192 e. The van der Waals surface area contributed by atoms with Gasteiger partial charge in [0.1, 0.15) is 10.8 Å². The van der Waals surface area contributed by atoms with Crippen LogP contribution in [-0.4, -0.2) is 31.3 Å². The minimum Gasteiger partial charge on any atom is -0.467 e. The number of benzene rings is 1. The fraction of sp³-hybridized carbons (Fsp3) is 0.190. The summed E-state index contributed by atoms with van der Waals surface area (Å²) in [6, 6.07) is 13.0. The molecule has 0 spiro atoms. The number of thiazole rings is 1. The molecule has 0 saturated carbocycles. The van der Waals surface area contributed by atoms with Crippen LogP contribution in [0.4, 0.5) is 0 Å². The maximum absolute atomic E-state index is 12.7. The average Bonchev–Trinajstić information content (AvgIpc) is 3.51. The topological polar surface area (TPSA) is 97.6 Å². The summed E-state index contributed by atoms with van der Waals surface area (Å²) in [5.74, 6) is 0.339. The van der Waals surface area contributed by atoms with Crippen molar-refractivity contribution in [2.45, 2.75) is 24.5 Å². The van der Waals surface area contributed by atoms with Crippen LogP contribution in [0.2, 0.25) is 5.02 Å². The van der Waals surface area contributed by atoms with Crippen LogP contribution in [0, 0.1) is 18.3 Å². The molecule has 1 atom stereocenters.